The highest BCUT2D eigenvalue weighted by atomic mass is 15.1. The highest BCUT2D eigenvalue weighted by Gasteiger charge is 2.20. The minimum atomic E-state index is 0.894. The highest BCUT2D eigenvalue weighted by Crippen LogP contribution is 2.22. The van der Waals surface area contributed by atoms with Crippen LogP contribution in [0.1, 0.15) is 0 Å². The van der Waals surface area contributed by atoms with Crippen molar-refractivity contribution < 1.29 is 4.57 Å². The minimum absolute atomic E-state index is 0.894. The molecule has 5 aromatic rings. The maximum Gasteiger partial charge on any atom is 0.255 e. The van der Waals surface area contributed by atoms with Crippen molar-refractivity contribution in [2.45, 2.75) is 0 Å². The van der Waals surface area contributed by atoms with Gasteiger partial charge in [0.05, 0.1) is 11.0 Å². The summed E-state index contributed by atoms with van der Waals surface area (Å²) >= 11 is 0. The first-order chi connectivity index (χ1) is 12.4. The SMILES string of the molecule is c1ccc(-n2c[n+](-c3ccccc3)c3cc4nccnc4cc32)cc1. The van der Waals surface area contributed by atoms with Crippen LogP contribution < -0.4 is 4.57 Å². The van der Waals surface area contributed by atoms with Crippen LogP contribution in [0.25, 0.3) is 33.4 Å². The standard InChI is InChI=1S/C21H15N4/c1-3-7-16(8-4-1)24-15-25(17-9-5-2-6-10-17)21-14-19-18(13-20(21)24)22-11-12-23-19/h1-15H/q+1. The Morgan fingerprint density at radius 1 is 0.720 bits per heavy atom. The molecule has 0 N–H and O–H groups in total. The summed E-state index contributed by atoms with van der Waals surface area (Å²) in [7, 11) is 0. The Labute approximate surface area is 144 Å². The largest absolute Gasteiger partial charge is 0.255 e. The summed E-state index contributed by atoms with van der Waals surface area (Å²) in [5.41, 5.74) is 6.22. The van der Waals surface area contributed by atoms with E-state index in [2.05, 4.69) is 86.1 Å². The van der Waals surface area contributed by atoms with E-state index in [1.54, 1.807) is 12.4 Å². The quantitative estimate of drug-likeness (QED) is 0.463. The molecule has 3 aromatic carbocycles. The van der Waals surface area contributed by atoms with E-state index in [0.717, 1.165) is 33.4 Å². The summed E-state index contributed by atoms with van der Waals surface area (Å²) in [4.78, 5) is 8.93. The molecule has 4 heteroatoms. The molecule has 0 unspecified atom stereocenters. The normalized spacial score (nSPS) is 11.2. The summed E-state index contributed by atoms with van der Waals surface area (Å²) in [6.07, 6.45) is 5.58. The van der Waals surface area contributed by atoms with E-state index in [0.29, 0.717) is 0 Å². The van der Waals surface area contributed by atoms with Gasteiger partial charge in [-0.1, -0.05) is 36.4 Å². The van der Waals surface area contributed by atoms with E-state index < -0.39 is 0 Å². The molecule has 0 saturated heterocycles. The highest BCUT2D eigenvalue weighted by molar-refractivity contribution is 5.90. The Kier molecular flexibility index (Phi) is 3.07. The lowest BCUT2D eigenvalue weighted by molar-refractivity contribution is -0.567. The van der Waals surface area contributed by atoms with Crippen LogP contribution in [0.5, 0.6) is 0 Å². The van der Waals surface area contributed by atoms with Crippen LogP contribution in [0.4, 0.5) is 0 Å². The van der Waals surface area contributed by atoms with Gasteiger partial charge in [0.2, 0.25) is 0 Å². The number of aromatic nitrogens is 4. The Balaban J connectivity index is 1.89. The number of para-hydroxylation sites is 2. The second-order valence-corrected chi connectivity index (χ2v) is 5.91. The van der Waals surface area contributed by atoms with Gasteiger partial charge in [-0.05, 0) is 24.3 Å². The van der Waals surface area contributed by atoms with E-state index in [4.69, 9.17) is 0 Å². The average Bonchev–Trinajstić information content (AvgIpc) is 3.06. The zero-order valence-electron chi connectivity index (χ0n) is 13.4. The molecule has 25 heavy (non-hydrogen) atoms. The summed E-state index contributed by atoms with van der Waals surface area (Å²) in [5.74, 6) is 0. The molecule has 0 aliphatic carbocycles. The van der Waals surface area contributed by atoms with Gasteiger partial charge in [0, 0.05) is 24.5 Å². The Hall–Kier alpha value is -3.53. The lowest BCUT2D eigenvalue weighted by atomic mass is 10.2. The molecule has 5 rings (SSSR count). The van der Waals surface area contributed by atoms with Gasteiger partial charge in [-0.15, -0.1) is 0 Å². The molecule has 0 radical (unpaired) electrons. The fourth-order valence-electron chi connectivity index (χ4n) is 3.20. The van der Waals surface area contributed by atoms with Crippen LogP contribution in [-0.4, -0.2) is 14.5 Å². The van der Waals surface area contributed by atoms with Crippen molar-refractivity contribution in [3.63, 3.8) is 0 Å². The smallest absolute Gasteiger partial charge is 0.253 e. The number of imidazole rings is 1. The van der Waals surface area contributed by atoms with Gasteiger partial charge < -0.3 is 0 Å². The molecular weight excluding hydrogens is 308 g/mol. The first-order valence-corrected chi connectivity index (χ1v) is 8.18. The second-order valence-electron chi connectivity index (χ2n) is 5.91. The van der Waals surface area contributed by atoms with E-state index in [-0.39, 0.29) is 0 Å². The topological polar surface area (TPSA) is 34.6 Å². The first-order valence-electron chi connectivity index (χ1n) is 8.18. The number of benzene rings is 3. The molecule has 0 amide bonds. The van der Waals surface area contributed by atoms with Gasteiger partial charge in [0.1, 0.15) is 11.4 Å². The van der Waals surface area contributed by atoms with Crippen molar-refractivity contribution in [2.24, 2.45) is 0 Å². The van der Waals surface area contributed by atoms with Crippen LogP contribution in [-0.2, 0) is 0 Å². The third-order valence-corrected chi connectivity index (χ3v) is 4.38. The molecule has 118 valence electrons. The second kappa shape index (κ2) is 5.53. The minimum Gasteiger partial charge on any atom is -0.253 e. The van der Waals surface area contributed by atoms with Crippen molar-refractivity contribution in [1.29, 1.82) is 0 Å². The van der Waals surface area contributed by atoms with Gasteiger partial charge in [-0.2, -0.15) is 9.13 Å². The average molecular weight is 323 g/mol. The monoisotopic (exact) mass is 323 g/mol. The molecule has 0 aliphatic rings. The Bertz CT molecular complexity index is 1090. The molecule has 0 atom stereocenters. The van der Waals surface area contributed by atoms with Crippen molar-refractivity contribution in [1.82, 2.24) is 14.5 Å². The van der Waals surface area contributed by atoms with Crippen LogP contribution in [0.15, 0.2) is 91.5 Å². The van der Waals surface area contributed by atoms with Gasteiger partial charge in [-0.25, -0.2) is 0 Å². The van der Waals surface area contributed by atoms with Crippen LogP contribution in [0, 0.1) is 0 Å². The molecule has 0 bridgehead atoms. The van der Waals surface area contributed by atoms with Crippen molar-refractivity contribution in [3.05, 3.63) is 91.5 Å². The zero-order valence-corrected chi connectivity index (χ0v) is 13.4. The van der Waals surface area contributed by atoms with Crippen molar-refractivity contribution in [3.8, 4) is 11.4 Å². The van der Waals surface area contributed by atoms with Crippen LogP contribution in [0.3, 0.4) is 0 Å². The number of fused-ring (bicyclic) bond motifs is 2. The van der Waals surface area contributed by atoms with Gasteiger partial charge >= 0.3 is 0 Å². The fourth-order valence-corrected chi connectivity index (χ4v) is 3.20. The third kappa shape index (κ3) is 2.27. The van der Waals surface area contributed by atoms with E-state index in [1.165, 1.54) is 0 Å². The van der Waals surface area contributed by atoms with E-state index in [9.17, 15) is 0 Å². The van der Waals surface area contributed by atoms with Crippen LogP contribution >= 0.6 is 0 Å². The summed E-state index contributed by atoms with van der Waals surface area (Å²) in [5, 5.41) is 0. The molecular formula is C21H15N4+. The van der Waals surface area contributed by atoms with Crippen molar-refractivity contribution >= 4 is 22.1 Å². The molecule has 0 saturated carbocycles. The van der Waals surface area contributed by atoms with Gasteiger partial charge in [0.15, 0.2) is 11.0 Å². The Morgan fingerprint density at radius 2 is 1.36 bits per heavy atom. The number of rotatable bonds is 2. The predicted octanol–water partition coefficient (Wildman–Crippen LogP) is 3.85. The van der Waals surface area contributed by atoms with E-state index >= 15 is 0 Å². The Morgan fingerprint density at radius 3 is 2.08 bits per heavy atom. The van der Waals surface area contributed by atoms with E-state index in [1.807, 2.05) is 12.1 Å². The lowest BCUT2D eigenvalue weighted by Gasteiger charge is -1.98. The van der Waals surface area contributed by atoms with Crippen LogP contribution in [0.2, 0.25) is 0 Å². The summed E-state index contributed by atoms with van der Waals surface area (Å²) < 4.78 is 4.38. The molecule has 2 heterocycles. The van der Waals surface area contributed by atoms with Crippen molar-refractivity contribution in [2.75, 3.05) is 0 Å². The zero-order chi connectivity index (χ0) is 16.6. The summed E-state index contributed by atoms with van der Waals surface area (Å²) in [6.45, 7) is 0. The number of hydrogen-bond donors (Lipinski definition) is 0. The molecule has 0 spiro atoms. The maximum atomic E-state index is 4.46. The lowest BCUT2D eigenvalue weighted by Crippen LogP contribution is -2.28. The van der Waals surface area contributed by atoms with Gasteiger partial charge in [-0.3, -0.25) is 9.97 Å². The van der Waals surface area contributed by atoms with Gasteiger partial charge in [0.25, 0.3) is 6.33 Å². The molecule has 2 aromatic heterocycles. The molecule has 0 fully saturated rings. The predicted molar refractivity (Wildman–Crippen MR) is 97.9 cm³/mol. The first kappa shape index (κ1) is 13.9. The molecule has 4 nitrogen and oxygen atoms in total. The number of nitrogens with zero attached hydrogens (tertiary/aromatic N) is 4. The maximum absolute atomic E-state index is 4.46. The third-order valence-electron chi connectivity index (χ3n) is 4.38. The molecule has 0 aliphatic heterocycles. The number of hydrogen-bond acceptors (Lipinski definition) is 2. The summed E-state index contributed by atoms with van der Waals surface area (Å²) in [6, 6.07) is 24.9. The fraction of sp³-hybridized carbons (Fsp3) is 0.